The maximum absolute atomic E-state index is 10.5. The zero-order chi connectivity index (χ0) is 14.7. The molecule has 0 aromatic heterocycles. The molecule has 0 aliphatic carbocycles. The second kappa shape index (κ2) is 6.39. The van der Waals surface area contributed by atoms with E-state index >= 15 is 0 Å². The topological polar surface area (TPSA) is 32.7 Å². The number of benzene rings is 2. The Morgan fingerprint density at radius 1 is 1.05 bits per heavy atom. The van der Waals surface area contributed by atoms with Gasteiger partial charge < -0.3 is 14.7 Å². The van der Waals surface area contributed by atoms with Gasteiger partial charge >= 0.3 is 0 Å². The maximum atomic E-state index is 10.5. The SMILES string of the molecule is CN1CCOC(C(O)c2ccc(-c3ccccc3)cc2)C1. The second-order valence-electron chi connectivity index (χ2n) is 5.60. The summed E-state index contributed by atoms with van der Waals surface area (Å²) in [7, 11) is 2.06. The smallest absolute Gasteiger partial charge is 0.106 e. The molecule has 0 bridgehead atoms. The van der Waals surface area contributed by atoms with Crippen molar-refractivity contribution >= 4 is 0 Å². The number of nitrogens with zero attached hydrogens (tertiary/aromatic N) is 1. The number of likely N-dealkylation sites (N-methyl/N-ethyl adjacent to an activating group) is 1. The molecule has 1 aliphatic heterocycles. The van der Waals surface area contributed by atoms with Crippen molar-refractivity contribution in [2.45, 2.75) is 12.2 Å². The second-order valence-corrected chi connectivity index (χ2v) is 5.60. The molecule has 1 fully saturated rings. The van der Waals surface area contributed by atoms with Crippen molar-refractivity contribution in [3.05, 3.63) is 60.2 Å². The first kappa shape index (κ1) is 14.3. The number of aliphatic hydroxyl groups excluding tert-OH is 1. The highest BCUT2D eigenvalue weighted by Crippen LogP contribution is 2.25. The Bertz CT molecular complexity index is 568. The summed E-state index contributed by atoms with van der Waals surface area (Å²) in [6.45, 7) is 2.37. The summed E-state index contributed by atoms with van der Waals surface area (Å²) in [5, 5.41) is 10.5. The third kappa shape index (κ3) is 3.32. The first-order valence-corrected chi connectivity index (χ1v) is 7.37. The fourth-order valence-electron chi connectivity index (χ4n) is 2.72. The molecule has 3 rings (SSSR count). The standard InChI is InChI=1S/C18H21NO2/c1-19-11-12-21-17(13-19)18(20)16-9-7-15(8-10-16)14-5-3-2-4-6-14/h2-10,17-18,20H,11-13H2,1H3. The molecule has 2 aromatic carbocycles. The van der Waals surface area contributed by atoms with Gasteiger partial charge in [0.15, 0.2) is 0 Å². The molecule has 1 saturated heterocycles. The molecule has 0 radical (unpaired) electrons. The monoisotopic (exact) mass is 283 g/mol. The van der Waals surface area contributed by atoms with Crippen LogP contribution in [0.2, 0.25) is 0 Å². The number of hydrogen-bond donors (Lipinski definition) is 1. The van der Waals surface area contributed by atoms with E-state index in [2.05, 4.69) is 36.2 Å². The van der Waals surface area contributed by atoms with Crippen molar-refractivity contribution in [2.75, 3.05) is 26.7 Å². The predicted octanol–water partition coefficient (Wildman–Crippen LogP) is 2.72. The summed E-state index contributed by atoms with van der Waals surface area (Å²) < 4.78 is 5.69. The summed E-state index contributed by atoms with van der Waals surface area (Å²) in [6.07, 6.45) is -0.719. The summed E-state index contributed by atoms with van der Waals surface area (Å²) in [6, 6.07) is 18.3. The number of rotatable bonds is 3. The average Bonchev–Trinajstić information content (AvgIpc) is 2.55. The van der Waals surface area contributed by atoms with Gasteiger partial charge in [-0.25, -0.2) is 0 Å². The lowest BCUT2D eigenvalue weighted by molar-refractivity contribution is -0.0844. The summed E-state index contributed by atoms with van der Waals surface area (Å²) >= 11 is 0. The Balaban J connectivity index is 1.74. The lowest BCUT2D eigenvalue weighted by atomic mass is 9.99. The van der Waals surface area contributed by atoms with Gasteiger partial charge in [-0.1, -0.05) is 54.6 Å². The van der Waals surface area contributed by atoms with Gasteiger partial charge in [0, 0.05) is 13.1 Å². The number of aliphatic hydroxyl groups is 1. The van der Waals surface area contributed by atoms with E-state index in [9.17, 15) is 5.11 Å². The van der Waals surface area contributed by atoms with Gasteiger partial charge in [0.2, 0.25) is 0 Å². The van der Waals surface area contributed by atoms with Crippen LogP contribution in [0.5, 0.6) is 0 Å². The molecule has 1 heterocycles. The van der Waals surface area contributed by atoms with Gasteiger partial charge in [0.05, 0.1) is 6.61 Å². The van der Waals surface area contributed by atoms with E-state index < -0.39 is 6.10 Å². The van der Waals surface area contributed by atoms with Gasteiger partial charge in [0.1, 0.15) is 12.2 Å². The number of hydrogen-bond acceptors (Lipinski definition) is 3. The molecule has 1 N–H and O–H groups in total. The van der Waals surface area contributed by atoms with Crippen LogP contribution in [0.15, 0.2) is 54.6 Å². The van der Waals surface area contributed by atoms with Crippen molar-refractivity contribution in [1.82, 2.24) is 4.90 Å². The third-order valence-corrected chi connectivity index (χ3v) is 4.01. The van der Waals surface area contributed by atoms with E-state index in [1.807, 2.05) is 30.3 Å². The van der Waals surface area contributed by atoms with E-state index in [4.69, 9.17) is 4.74 Å². The zero-order valence-corrected chi connectivity index (χ0v) is 12.3. The van der Waals surface area contributed by atoms with Crippen LogP contribution in [0.1, 0.15) is 11.7 Å². The fraction of sp³-hybridized carbons (Fsp3) is 0.333. The van der Waals surface area contributed by atoms with Gasteiger partial charge in [-0.15, -0.1) is 0 Å². The van der Waals surface area contributed by atoms with Crippen LogP contribution in [0.3, 0.4) is 0 Å². The normalized spacial score (nSPS) is 21.1. The summed E-state index contributed by atoms with van der Waals surface area (Å²) in [5.74, 6) is 0. The molecule has 3 nitrogen and oxygen atoms in total. The third-order valence-electron chi connectivity index (χ3n) is 4.01. The summed E-state index contributed by atoms with van der Waals surface area (Å²) in [4.78, 5) is 2.19. The van der Waals surface area contributed by atoms with Gasteiger partial charge in [0.25, 0.3) is 0 Å². The van der Waals surface area contributed by atoms with Crippen LogP contribution >= 0.6 is 0 Å². The van der Waals surface area contributed by atoms with E-state index in [0.29, 0.717) is 6.61 Å². The van der Waals surface area contributed by atoms with E-state index in [0.717, 1.165) is 24.2 Å². The Labute approximate surface area is 125 Å². The van der Waals surface area contributed by atoms with Gasteiger partial charge in [-0.3, -0.25) is 0 Å². The highest BCUT2D eigenvalue weighted by Gasteiger charge is 2.26. The van der Waals surface area contributed by atoms with Crippen molar-refractivity contribution in [3.8, 4) is 11.1 Å². The summed E-state index contributed by atoms with van der Waals surface area (Å²) in [5.41, 5.74) is 3.26. The van der Waals surface area contributed by atoms with E-state index in [1.54, 1.807) is 0 Å². The van der Waals surface area contributed by atoms with Crippen LogP contribution in [0.4, 0.5) is 0 Å². The van der Waals surface area contributed by atoms with Crippen molar-refractivity contribution in [3.63, 3.8) is 0 Å². The highest BCUT2D eigenvalue weighted by atomic mass is 16.5. The molecule has 3 heteroatoms. The molecule has 0 spiro atoms. The lowest BCUT2D eigenvalue weighted by Crippen LogP contribution is -2.42. The van der Waals surface area contributed by atoms with Crippen LogP contribution in [0, 0.1) is 0 Å². The maximum Gasteiger partial charge on any atom is 0.106 e. The largest absolute Gasteiger partial charge is 0.386 e. The molecule has 2 aromatic rings. The molecule has 2 unspecified atom stereocenters. The van der Waals surface area contributed by atoms with Crippen molar-refractivity contribution in [1.29, 1.82) is 0 Å². The van der Waals surface area contributed by atoms with Crippen LogP contribution < -0.4 is 0 Å². The van der Waals surface area contributed by atoms with E-state index in [1.165, 1.54) is 5.56 Å². The Morgan fingerprint density at radius 3 is 2.38 bits per heavy atom. The van der Waals surface area contributed by atoms with Gasteiger partial charge in [-0.2, -0.15) is 0 Å². The molecular formula is C18H21NO2. The average molecular weight is 283 g/mol. The Morgan fingerprint density at radius 2 is 1.71 bits per heavy atom. The van der Waals surface area contributed by atoms with Gasteiger partial charge in [-0.05, 0) is 23.7 Å². The number of morpholine rings is 1. The quantitative estimate of drug-likeness (QED) is 0.940. The minimum atomic E-state index is -0.572. The van der Waals surface area contributed by atoms with Crippen molar-refractivity contribution in [2.24, 2.45) is 0 Å². The first-order valence-electron chi connectivity index (χ1n) is 7.37. The van der Waals surface area contributed by atoms with Crippen LogP contribution in [0.25, 0.3) is 11.1 Å². The lowest BCUT2D eigenvalue weighted by Gasteiger charge is -2.33. The predicted molar refractivity (Wildman–Crippen MR) is 84.1 cm³/mol. The highest BCUT2D eigenvalue weighted by molar-refractivity contribution is 5.63. The molecule has 0 saturated carbocycles. The molecular weight excluding hydrogens is 262 g/mol. The number of ether oxygens (including phenoxy) is 1. The van der Waals surface area contributed by atoms with Crippen LogP contribution in [-0.4, -0.2) is 42.9 Å². The molecule has 1 aliphatic rings. The first-order chi connectivity index (χ1) is 10.2. The molecule has 110 valence electrons. The van der Waals surface area contributed by atoms with Crippen LogP contribution in [-0.2, 0) is 4.74 Å². The molecule has 21 heavy (non-hydrogen) atoms. The minimum absolute atomic E-state index is 0.147. The van der Waals surface area contributed by atoms with Crippen molar-refractivity contribution < 1.29 is 9.84 Å². The zero-order valence-electron chi connectivity index (χ0n) is 12.3. The Kier molecular flexibility index (Phi) is 4.34. The van der Waals surface area contributed by atoms with E-state index in [-0.39, 0.29) is 6.10 Å². The minimum Gasteiger partial charge on any atom is -0.386 e. The molecule has 2 atom stereocenters. The fourth-order valence-corrected chi connectivity index (χ4v) is 2.72. The Hall–Kier alpha value is -1.68. The molecule has 0 amide bonds.